The van der Waals surface area contributed by atoms with Crippen molar-refractivity contribution in [3.05, 3.63) is 163 Å². The maximum atomic E-state index is 6.68. The first-order chi connectivity index (χ1) is 27.8. The fourth-order valence-corrected chi connectivity index (χ4v) is 10.8. The number of rotatable bonds is 2. The molecule has 3 aromatic heterocycles. The van der Waals surface area contributed by atoms with Gasteiger partial charge in [-0.15, -0.1) is 0 Å². The first-order valence-corrected chi connectivity index (χ1v) is 20.0. The molecule has 2 aliphatic rings. The lowest BCUT2D eigenvalue weighted by atomic mass is 9.66. The van der Waals surface area contributed by atoms with Crippen LogP contribution in [-0.2, 0) is 5.41 Å². The number of furan rings is 1. The Balaban J connectivity index is 1.26. The zero-order valence-electron chi connectivity index (χ0n) is 30.7. The molecule has 264 valence electrons. The molecule has 3 heterocycles. The Bertz CT molecular complexity index is 3470. The Morgan fingerprint density at radius 2 is 1.23 bits per heavy atom. The van der Waals surface area contributed by atoms with Crippen molar-refractivity contribution in [1.29, 1.82) is 0 Å². The van der Waals surface area contributed by atoms with E-state index in [1.807, 2.05) is 12.1 Å². The summed E-state index contributed by atoms with van der Waals surface area (Å²) in [5.41, 5.74) is 12.2. The van der Waals surface area contributed by atoms with E-state index >= 15 is 0 Å². The number of aromatic nitrogens is 3. The molecule has 0 saturated heterocycles. The van der Waals surface area contributed by atoms with Crippen molar-refractivity contribution >= 4 is 76.2 Å². The quantitative estimate of drug-likeness (QED) is 0.179. The molecule has 13 rings (SSSR count). The van der Waals surface area contributed by atoms with E-state index in [1.165, 1.54) is 84.7 Å². The van der Waals surface area contributed by atoms with Crippen molar-refractivity contribution in [1.82, 2.24) is 14.5 Å². The van der Waals surface area contributed by atoms with Gasteiger partial charge in [0.05, 0.1) is 11.0 Å². The van der Waals surface area contributed by atoms with Crippen LogP contribution in [0.2, 0.25) is 0 Å². The molecule has 2 aliphatic carbocycles. The Labute approximate surface area is 322 Å². The van der Waals surface area contributed by atoms with Crippen LogP contribution in [0.25, 0.3) is 105 Å². The SMILES string of the molecule is c1ccc2c(c1)-c1c(c3c4ccc5ccccc5c4n(-c4nc(-c5ccc6ccccc6c5)c5oc6ccccc6c5n4)c3c3ccccc13)C21CCCCC1. The Kier molecular flexibility index (Phi) is 6.08. The third-order valence-corrected chi connectivity index (χ3v) is 13.1. The van der Waals surface area contributed by atoms with Gasteiger partial charge in [-0.2, -0.15) is 0 Å². The van der Waals surface area contributed by atoms with Gasteiger partial charge in [0.15, 0.2) is 5.58 Å². The minimum absolute atomic E-state index is 0.0565. The Morgan fingerprint density at radius 3 is 2.11 bits per heavy atom. The summed E-state index contributed by atoms with van der Waals surface area (Å²) in [5, 5.41) is 10.8. The summed E-state index contributed by atoms with van der Waals surface area (Å²) in [4.78, 5) is 11.2. The van der Waals surface area contributed by atoms with Crippen molar-refractivity contribution in [3.8, 4) is 28.3 Å². The van der Waals surface area contributed by atoms with Crippen molar-refractivity contribution < 1.29 is 4.42 Å². The molecule has 1 fully saturated rings. The van der Waals surface area contributed by atoms with E-state index in [0.717, 1.165) is 51.5 Å². The van der Waals surface area contributed by atoms with E-state index in [2.05, 4.69) is 144 Å². The number of para-hydroxylation sites is 1. The Morgan fingerprint density at radius 1 is 0.536 bits per heavy atom. The number of fused-ring (bicyclic) bond motifs is 18. The predicted molar refractivity (Wildman–Crippen MR) is 231 cm³/mol. The van der Waals surface area contributed by atoms with Gasteiger partial charge in [-0.25, -0.2) is 9.97 Å². The van der Waals surface area contributed by atoms with E-state index in [9.17, 15) is 0 Å². The smallest absolute Gasteiger partial charge is 0.236 e. The molecule has 1 saturated carbocycles. The standard InChI is InChI=1S/C52H35N3O/c1-12-28-52(29-13-1)41-22-10-8-20-38(41)43-36-18-6-7-19-37(36)49-44(45(43)52)40-27-26-32-15-4-5-17-35(32)48(40)55(49)51-53-46(34-25-24-31-14-2-3-16-33(31)30-34)50-47(54-51)39-21-9-11-23-42(39)56-50/h2-11,14-27,30H,1,12-13,28-29H2. The lowest BCUT2D eigenvalue weighted by molar-refractivity contribution is 0.355. The third-order valence-electron chi connectivity index (χ3n) is 13.1. The molecular formula is C52H35N3O. The lowest BCUT2D eigenvalue weighted by Crippen LogP contribution is -2.28. The molecule has 0 bridgehead atoms. The highest BCUT2D eigenvalue weighted by Crippen LogP contribution is 2.61. The van der Waals surface area contributed by atoms with Crippen LogP contribution in [0.4, 0.5) is 0 Å². The van der Waals surface area contributed by atoms with Crippen LogP contribution in [0.3, 0.4) is 0 Å². The summed E-state index contributed by atoms with van der Waals surface area (Å²) >= 11 is 0. The molecule has 0 radical (unpaired) electrons. The largest absolute Gasteiger partial charge is 0.452 e. The van der Waals surface area contributed by atoms with Crippen LogP contribution >= 0.6 is 0 Å². The van der Waals surface area contributed by atoms with E-state index in [1.54, 1.807) is 0 Å². The van der Waals surface area contributed by atoms with Crippen LogP contribution in [-0.4, -0.2) is 14.5 Å². The van der Waals surface area contributed by atoms with E-state index in [0.29, 0.717) is 11.5 Å². The number of nitrogens with zero attached hydrogens (tertiary/aromatic N) is 3. The Hall–Kier alpha value is -6.78. The predicted octanol–water partition coefficient (Wildman–Crippen LogP) is 13.8. The van der Waals surface area contributed by atoms with Crippen LogP contribution < -0.4 is 0 Å². The molecule has 56 heavy (non-hydrogen) atoms. The number of benzene rings is 8. The average Bonchev–Trinajstić information content (AvgIpc) is 3.90. The van der Waals surface area contributed by atoms with Crippen LogP contribution in [0.15, 0.2) is 156 Å². The summed E-state index contributed by atoms with van der Waals surface area (Å²) in [6, 6.07) is 55.2. The summed E-state index contributed by atoms with van der Waals surface area (Å²) in [6.45, 7) is 0. The molecule has 11 aromatic rings. The van der Waals surface area contributed by atoms with Gasteiger partial charge >= 0.3 is 0 Å². The third kappa shape index (κ3) is 3.93. The minimum atomic E-state index is -0.0565. The summed E-state index contributed by atoms with van der Waals surface area (Å²) in [7, 11) is 0. The molecule has 0 N–H and O–H groups in total. The summed E-state index contributed by atoms with van der Waals surface area (Å²) in [5.74, 6) is 0.655. The number of hydrogen-bond donors (Lipinski definition) is 0. The molecule has 4 heteroatoms. The van der Waals surface area contributed by atoms with Crippen LogP contribution in [0.5, 0.6) is 0 Å². The molecule has 0 amide bonds. The molecule has 0 aliphatic heterocycles. The highest BCUT2D eigenvalue weighted by molar-refractivity contribution is 6.29. The van der Waals surface area contributed by atoms with Gasteiger partial charge in [0.25, 0.3) is 0 Å². The van der Waals surface area contributed by atoms with E-state index in [4.69, 9.17) is 14.4 Å². The molecule has 0 unspecified atom stereocenters. The molecule has 0 atom stereocenters. The zero-order chi connectivity index (χ0) is 36.5. The van der Waals surface area contributed by atoms with Gasteiger partial charge in [-0.05, 0) is 74.8 Å². The highest BCUT2D eigenvalue weighted by Gasteiger charge is 2.46. The monoisotopic (exact) mass is 717 g/mol. The fourth-order valence-electron chi connectivity index (χ4n) is 10.8. The van der Waals surface area contributed by atoms with E-state index < -0.39 is 0 Å². The van der Waals surface area contributed by atoms with Crippen molar-refractivity contribution in [2.45, 2.75) is 37.5 Å². The normalized spacial score (nSPS) is 14.9. The number of hydrogen-bond acceptors (Lipinski definition) is 3. The van der Waals surface area contributed by atoms with Crippen molar-refractivity contribution in [2.75, 3.05) is 0 Å². The first-order valence-electron chi connectivity index (χ1n) is 20.0. The highest BCUT2D eigenvalue weighted by atomic mass is 16.3. The lowest BCUT2D eigenvalue weighted by Gasteiger charge is -2.36. The summed E-state index contributed by atoms with van der Waals surface area (Å²) < 4.78 is 9.09. The molecule has 4 nitrogen and oxygen atoms in total. The van der Waals surface area contributed by atoms with Crippen LogP contribution in [0, 0.1) is 0 Å². The van der Waals surface area contributed by atoms with Gasteiger partial charge < -0.3 is 4.42 Å². The van der Waals surface area contributed by atoms with Gasteiger partial charge in [0.1, 0.15) is 16.8 Å². The van der Waals surface area contributed by atoms with Crippen LogP contribution in [0.1, 0.15) is 43.2 Å². The average molecular weight is 718 g/mol. The van der Waals surface area contributed by atoms with Crippen molar-refractivity contribution in [3.63, 3.8) is 0 Å². The van der Waals surface area contributed by atoms with E-state index in [-0.39, 0.29) is 5.41 Å². The summed E-state index contributed by atoms with van der Waals surface area (Å²) in [6.07, 6.45) is 6.05. The second-order valence-corrected chi connectivity index (χ2v) is 15.9. The van der Waals surface area contributed by atoms with Gasteiger partial charge in [0, 0.05) is 37.9 Å². The minimum Gasteiger partial charge on any atom is -0.452 e. The zero-order valence-corrected chi connectivity index (χ0v) is 30.7. The second kappa shape index (κ2) is 11.1. The second-order valence-electron chi connectivity index (χ2n) is 15.9. The topological polar surface area (TPSA) is 43.9 Å². The van der Waals surface area contributed by atoms with Crippen molar-refractivity contribution in [2.24, 2.45) is 0 Å². The van der Waals surface area contributed by atoms with Gasteiger partial charge in [-0.1, -0.05) is 153 Å². The fraction of sp³-hybridized carbons (Fsp3) is 0.115. The van der Waals surface area contributed by atoms with Gasteiger partial charge in [-0.3, -0.25) is 4.57 Å². The first kappa shape index (κ1) is 30.5. The maximum Gasteiger partial charge on any atom is 0.236 e. The maximum absolute atomic E-state index is 6.68. The molecule has 1 spiro atoms. The molecule has 8 aromatic carbocycles. The van der Waals surface area contributed by atoms with Gasteiger partial charge in [0.2, 0.25) is 5.95 Å². The molecular weight excluding hydrogens is 683 g/mol.